The molecule has 3 nitrogen and oxygen atoms in total. The third-order valence-electron chi connectivity index (χ3n) is 3.92. The van der Waals surface area contributed by atoms with E-state index in [1.165, 1.54) is 0 Å². The highest BCUT2D eigenvalue weighted by Gasteiger charge is 2.10. The number of rotatable bonds is 3. The van der Waals surface area contributed by atoms with Crippen LogP contribution in [0, 0.1) is 11.3 Å². The smallest absolute Gasteiger partial charge is 0.174 e. The molecule has 4 heteroatoms. The largest absolute Gasteiger partial charge is 0.477 e. The predicted octanol–water partition coefficient (Wildman–Crippen LogP) is 5.81. The topological polar surface area (TPSA) is 46.2 Å². The van der Waals surface area contributed by atoms with Crippen molar-refractivity contribution in [3.63, 3.8) is 0 Å². The van der Waals surface area contributed by atoms with Crippen LogP contribution in [0.5, 0.6) is 5.75 Å². The fraction of sp³-hybridized carbons (Fsp3) is 0.0500. The van der Waals surface area contributed by atoms with E-state index in [4.69, 9.17) is 26.0 Å². The van der Waals surface area contributed by atoms with E-state index >= 15 is 0 Å². The molecule has 0 aliphatic rings. The Bertz CT molecular complexity index is 1060. The quantitative estimate of drug-likeness (QED) is 0.475. The maximum Gasteiger partial charge on any atom is 0.174 e. The molecular weight excluding hydrogens is 322 g/mol. The zero-order valence-corrected chi connectivity index (χ0v) is 13.4. The summed E-state index contributed by atoms with van der Waals surface area (Å²) in [4.78, 5) is 0. The van der Waals surface area contributed by atoms with Gasteiger partial charge >= 0.3 is 0 Å². The SMILES string of the molecule is N#CCOc1ccc2cc(-c3cc4ccccc4o3)ccc2c1Cl. The van der Waals surface area contributed by atoms with Gasteiger partial charge in [-0.05, 0) is 29.7 Å². The standard InChI is InChI=1S/C20H12ClNO2/c21-20-16-7-5-15(11-13(16)6-8-18(20)23-10-9-22)19-12-14-3-1-2-4-17(14)24-19/h1-8,11-12H,10H2. The fourth-order valence-electron chi connectivity index (χ4n) is 2.77. The first-order valence-corrected chi connectivity index (χ1v) is 7.85. The molecule has 0 saturated heterocycles. The van der Waals surface area contributed by atoms with E-state index in [1.807, 2.05) is 60.7 Å². The molecule has 0 aliphatic heterocycles. The maximum atomic E-state index is 8.63. The van der Waals surface area contributed by atoms with Gasteiger partial charge in [-0.3, -0.25) is 0 Å². The summed E-state index contributed by atoms with van der Waals surface area (Å²) in [6.07, 6.45) is 0. The minimum absolute atomic E-state index is 0.0255. The van der Waals surface area contributed by atoms with Gasteiger partial charge < -0.3 is 9.15 Å². The summed E-state index contributed by atoms with van der Waals surface area (Å²) in [6, 6.07) is 21.6. The van der Waals surface area contributed by atoms with Crippen LogP contribution >= 0.6 is 11.6 Å². The monoisotopic (exact) mass is 333 g/mol. The second kappa shape index (κ2) is 5.92. The Morgan fingerprint density at radius 2 is 1.88 bits per heavy atom. The molecule has 0 aliphatic carbocycles. The number of nitriles is 1. The number of hydrogen-bond donors (Lipinski definition) is 0. The molecule has 4 aromatic rings. The Morgan fingerprint density at radius 1 is 1.00 bits per heavy atom. The Labute approximate surface area is 143 Å². The molecule has 0 bridgehead atoms. The van der Waals surface area contributed by atoms with E-state index in [-0.39, 0.29) is 6.61 Å². The Balaban J connectivity index is 1.79. The minimum Gasteiger partial charge on any atom is -0.477 e. The van der Waals surface area contributed by atoms with Crippen LogP contribution < -0.4 is 4.74 Å². The van der Waals surface area contributed by atoms with Gasteiger partial charge in [0.1, 0.15) is 23.2 Å². The zero-order chi connectivity index (χ0) is 16.5. The van der Waals surface area contributed by atoms with E-state index < -0.39 is 0 Å². The molecule has 3 aromatic carbocycles. The summed E-state index contributed by atoms with van der Waals surface area (Å²) in [5.41, 5.74) is 1.85. The highest BCUT2D eigenvalue weighted by atomic mass is 35.5. The van der Waals surface area contributed by atoms with Crippen molar-refractivity contribution in [1.82, 2.24) is 0 Å². The Kier molecular flexibility index (Phi) is 3.60. The van der Waals surface area contributed by atoms with Crippen molar-refractivity contribution in [2.45, 2.75) is 0 Å². The predicted molar refractivity (Wildman–Crippen MR) is 95.3 cm³/mol. The molecule has 0 radical (unpaired) electrons. The van der Waals surface area contributed by atoms with Crippen molar-refractivity contribution in [3.8, 4) is 23.1 Å². The van der Waals surface area contributed by atoms with E-state index in [0.29, 0.717) is 10.8 Å². The Hall–Kier alpha value is -2.96. The number of ether oxygens (including phenoxy) is 1. The van der Waals surface area contributed by atoms with Crippen molar-refractivity contribution in [2.75, 3.05) is 6.61 Å². The second-order valence-electron chi connectivity index (χ2n) is 5.41. The summed E-state index contributed by atoms with van der Waals surface area (Å²) < 4.78 is 11.3. The van der Waals surface area contributed by atoms with Crippen molar-refractivity contribution in [1.29, 1.82) is 5.26 Å². The van der Waals surface area contributed by atoms with Gasteiger partial charge in [0.25, 0.3) is 0 Å². The molecule has 0 saturated carbocycles. The normalized spacial score (nSPS) is 10.8. The highest BCUT2D eigenvalue weighted by Crippen LogP contribution is 2.36. The third kappa shape index (κ3) is 2.47. The van der Waals surface area contributed by atoms with Gasteiger partial charge in [-0.25, -0.2) is 0 Å². The first-order valence-electron chi connectivity index (χ1n) is 7.47. The van der Waals surface area contributed by atoms with Gasteiger partial charge in [0.2, 0.25) is 0 Å². The third-order valence-corrected chi connectivity index (χ3v) is 4.31. The molecule has 1 heterocycles. The maximum absolute atomic E-state index is 8.63. The molecule has 116 valence electrons. The summed E-state index contributed by atoms with van der Waals surface area (Å²) >= 11 is 6.38. The van der Waals surface area contributed by atoms with Crippen LogP contribution in [0.2, 0.25) is 5.02 Å². The van der Waals surface area contributed by atoms with Gasteiger partial charge in [-0.15, -0.1) is 0 Å². The molecule has 0 N–H and O–H groups in total. The zero-order valence-electron chi connectivity index (χ0n) is 12.6. The van der Waals surface area contributed by atoms with Gasteiger partial charge in [-0.1, -0.05) is 48.0 Å². The van der Waals surface area contributed by atoms with Gasteiger partial charge in [0.05, 0.1) is 5.02 Å². The minimum atomic E-state index is -0.0255. The molecule has 0 fully saturated rings. The first-order chi connectivity index (χ1) is 11.8. The lowest BCUT2D eigenvalue weighted by Gasteiger charge is -2.08. The van der Waals surface area contributed by atoms with Crippen LogP contribution in [0.3, 0.4) is 0 Å². The number of fused-ring (bicyclic) bond motifs is 2. The highest BCUT2D eigenvalue weighted by molar-refractivity contribution is 6.37. The fourth-order valence-corrected chi connectivity index (χ4v) is 3.06. The molecule has 4 rings (SSSR count). The summed E-state index contributed by atoms with van der Waals surface area (Å²) in [7, 11) is 0. The van der Waals surface area contributed by atoms with Crippen molar-refractivity contribution >= 4 is 33.3 Å². The van der Waals surface area contributed by atoms with Crippen molar-refractivity contribution < 1.29 is 9.15 Å². The molecule has 24 heavy (non-hydrogen) atoms. The summed E-state index contributed by atoms with van der Waals surface area (Å²) in [6.45, 7) is -0.0255. The average molecular weight is 334 g/mol. The van der Waals surface area contributed by atoms with E-state index in [2.05, 4.69) is 0 Å². The number of hydrogen-bond acceptors (Lipinski definition) is 3. The summed E-state index contributed by atoms with van der Waals surface area (Å²) in [5.74, 6) is 1.33. The first kappa shape index (κ1) is 14.6. The van der Waals surface area contributed by atoms with Crippen LogP contribution in [0.25, 0.3) is 33.1 Å². The number of para-hydroxylation sites is 1. The molecule has 0 unspecified atom stereocenters. The number of halogens is 1. The number of benzene rings is 3. The lowest BCUT2D eigenvalue weighted by atomic mass is 10.0. The lowest BCUT2D eigenvalue weighted by Crippen LogP contribution is -1.94. The van der Waals surface area contributed by atoms with Crippen LogP contribution in [0.15, 0.2) is 65.1 Å². The average Bonchev–Trinajstić information content (AvgIpc) is 3.05. The second-order valence-corrected chi connectivity index (χ2v) is 5.79. The molecule has 1 aromatic heterocycles. The number of nitrogens with zero attached hydrogens (tertiary/aromatic N) is 1. The summed E-state index contributed by atoms with van der Waals surface area (Å²) in [5, 5.41) is 12.1. The van der Waals surface area contributed by atoms with Crippen molar-refractivity contribution in [2.24, 2.45) is 0 Å². The Morgan fingerprint density at radius 3 is 2.71 bits per heavy atom. The molecule has 0 atom stereocenters. The molecule has 0 spiro atoms. The molecule has 0 amide bonds. The van der Waals surface area contributed by atoms with Crippen molar-refractivity contribution in [3.05, 3.63) is 65.7 Å². The van der Waals surface area contributed by atoms with Gasteiger partial charge in [0, 0.05) is 16.3 Å². The van der Waals surface area contributed by atoms with Crippen LogP contribution in [0.4, 0.5) is 0 Å². The van der Waals surface area contributed by atoms with Gasteiger partial charge in [0.15, 0.2) is 6.61 Å². The van der Waals surface area contributed by atoms with Crippen LogP contribution in [-0.4, -0.2) is 6.61 Å². The van der Waals surface area contributed by atoms with Crippen LogP contribution in [0.1, 0.15) is 0 Å². The van der Waals surface area contributed by atoms with E-state index in [0.717, 1.165) is 33.1 Å². The van der Waals surface area contributed by atoms with E-state index in [9.17, 15) is 0 Å². The van der Waals surface area contributed by atoms with Gasteiger partial charge in [-0.2, -0.15) is 5.26 Å². The van der Waals surface area contributed by atoms with E-state index in [1.54, 1.807) is 6.07 Å². The number of furan rings is 1. The molecular formula is C20H12ClNO2. The van der Waals surface area contributed by atoms with Crippen LogP contribution in [-0.2, 0) is 0 Å². The lowest BCUT2D eigenvalue weighted by molar-refractivity contribution is 0.369.